The molecule has 138 valence electrons. The van der Waals surface area contributed by atoms with Gasteiger partial charge in [-0.15, -0.1) is 0 Å². The fourth-order valence-corrected chi connectivity index (χ4v) is 2.11. The summed E-state index contributed by atoms with van der Waals surface area (Å²) >= 11 is 0. The maximum absolute atomic E-state index is 12.4. The third-order valence-corrected chi connectivity index (χ3v) is 3.80. The lowest BCUT2D eigenvalue weighted by atomic mass is 10.2. The monoisotopic (exact) mass is 353 g/mol. The number of nitrogens with one attached hydrogen (secondary N) is 3. The molecule has 0 aliphatic rings. The number of amides is 2. The van der Waals surface area contributed by atoms with Crippen molar-refractivity contribution in [2.75, 3.05) is 32.6 Å². The highest BCUT2D eigenvalue weighted by atomic mass is 16.6. The summed E-state index contributed by atoms with van der Waals surface area (Å²) < 4.78 is 5.12. The van der Waals surface area contributed by atoms with Crippen LogP contribution in [0.15, 0.2) is 18.2 Å². The number of hydrogen-bond acceptors (Lipinski definition) is 5. The normalized spacial score (nSPS) is 12.8. The Morgan fingerprint density at radius 2 is 2.08 bits per heavy atom. The zero-order valence-electron chi connectivity index (χ0n) is 14.9. The minimum absolute atomic E-state index is 0.132. The van der Waals surface area contributed by atoms with Crippen molar-refractivity contribution in [2.45, 2.75) is 26.3 Å². The smallest absolute Gasteiger partial charge is 0.282 e. The van der Waals surface area contributed by atoms with E-state index in [1.54, 1.807) is 14.0 Å². The summed E-state index contributed by atoms with van der Waals surface area (Å²) in [6, 6.07) is 3.43. The van der Waals surface area contributed by atoms with E-state index < -0.39 is 11.0 Å². The highest BCUT2D eigenvalue weighted by Crippen LogP contribution is 2.28. The van der Waals surface area contributed by atoms with Crippen LogP contribution in [0.3, 0.4) is 0 Å². The molecule has 9 nitrogen and oxygen atoms in total. The Hall–Kier alpha value is -2.68. The average Bonchev–Trinajstić information content (AvgIpc) is 2.58. The van der Waals surface area contributed by atoms with Crippen molar-refractivity contribution in [3.05, 3.63) is 28.3 Å². The van der Waals surface area contributed by atoms with Gasteiger partial charge in [0.25, 0.3) is 17.5 Å². The standard InChI is InChI=1S/C16H24N4O5/c1-5-8-17-15(21)10-19(3)11(2)16(22)18-13-9-12(20(23)24)6-7-14(13)25-4/h6-7,9,11H,5,8,10H2,1-4H3,(H,17,21)(H,18,22)/p+1/t11-/m0/s1. The van der Waals surface area contributed by atoms with E-state index in [4.69, 9.17) is 4.74 Å². The number of quaternary nitrogens is 1. The van der Waals surface area contributed by atoms with Crippen LogP contribution in [0.2, 0.25) is 0 Å². The topological polar surface area (TPSA) is 115 Å². The SMILES string of the molecule is CCCNC(=O)C[NH+](C)[C@@H](C)C(=O)Nc1cc([N+](=O)[O-])ccc1OC. The summed E-state index contributed by atoms with van der Waals surface area (Å²) in [5, 5.41) is 16.3. The molecular formula is C16H25N4O5+. The maximum Gasteiger partial charge on any atom is 0.282 e. The Labute approximate surface area is 146 Å². The number of nitro groups is 1. The third-order valence-electron chi connectivity index (χ3n) is 3.80. The predicted molar refractivity (Wildman–Crippen MR) is 92.8 cm³/mol. The lowest BCUT2D eigenvalue weighted by molar-refractivity contribution is -0.885. The van der Waals surface area contributed by atoms with Gasteiger partial charge in [0.05, 0.1) is 24.8 Å². The summed E-state index contributed by atoms with van der Waals surface area (Å²) in [5.74, 6) is -0.170. The number of carbonyl (C=O) groups excluding carboxylic acids is 2. The van der Waals surface area contributed by atoms with Gasteiger partial charge in [-0.1, -0.05) is 6.92 Å². The summed E-state index contributed by atoms with van der Waals surface area (Å²) in [6.45, 7) is 4.39. The van der Waals surface area contributed by atoms with E-state index in [0.717, 1.165) is 6.42 Å². The molecule has 9 heteroatoms. The summed E-state index contributed by atoms with van der Waals surface area (Å²) in [6.07, 6.45) is 0.841. The van der Waals surface area contributed by atoms with Crippen molar-refractivity contribution in [3.8, 4) is 5.75 Å². The highest BCUT2D eigenvalue weighted by molar-refractivity contribution is 5.95. The number of non-ortho nitro benzene ring substituents is 1. The minimum Gasteiger partial charge on any atom is -0.495 e. The second kappa shape index (κ2) is 9.58. The third kappa shape index (κ3) is 6.03. The fraction of sp³-hybridized carbons (Fsp3) is 0.500. The van der Waals surface area contributed by atoms with Gasteiger partial charge in [0, 0.05) is 18.7 Å². The molecule has 0 aromatic heterocycles. The average molecular weight is 353 g/mol. The number of methoxy groups -OCH3 is 1. The van der Waals surface area contributed by atoms with E-state index >= 15 is 0 Å². The van der Waals surface area contributed by atoms with Gasteiger partial charge in [-0.3, -0.25) is 19.7 Å². The van der Waals surface area contributed by atoms with Crippen LogP contribution >= 0.6 is 0 Å². The molecule has 0 spiro atoms. The van der Waals surface area contributed by atoms with Crippen LogP contribution in [-0.4, -0.2) is 50.0 Å². The first kappa shape index (κ1) is 20.4. The molecule has 0 radical (unpaired) electrons. The molecule has 3 N–H and O–H groups in total. The molecule has 1 aromatic carbocycles. The van der Waals surface area contributed by atoms with Crippen molar-refractivity contribution >= 4 is 23.2 Å². The number of likely N-dealkylation sites (N-methyl/N-ethyl adjacent to an activating group) is 1. The summed E-state index contributed by atoms with van der Waals surface area (Å²) in [5.41, 5.74) is 0.0696. The van der Waals surface area contributed by atoms with E-state index in [9.17, 15) is 19.7 Å². The number of rotatable bonds is 9. The van der Waals surface area contributed by atoms with Gasteiger partial charge in [-0.05, 0) is 19.4 Å². The van der Waals surface area contributed by atoms with Gasteiger partial charge in [0.1, 0.15) is 5.75 Å². The van der Waals surface area contributed by atoms with Crippen LogP contribution in [0.5, 0.6) is 5.75 Å². The van der Waals surface area contributed by atoms with Crippen LogP contribution in [0, 0.1) is 10.1 Å². The van der Waals surface area contributed by atoms with E-state index in [-0.39, 0.29) is 29.7 Å². The van der Waals surface area contributed by atoms with Gasteiger partial charge in [0.15, 0.2) is 12.6 Å². The Balaban J connectivity index is 2.78. The Kier molecular flexibility index (Phi) is 7.80. The number of carbonyl (C=O) groups is 2. The summed E-state index contributed by atoms with van der Waals surface area (Å²) in [4.78, 5) is 35.2. The van der Waals surface area contributed by atoms with Crippen LogP contribution in [-0.2, 0) is 9.59 Å². The van der Waals surface area contributed by atoms with Gasteiger partial charge < -0.3 is 20.3 Å². The number of nitrogens with zero attached hydrogens (tertiary/aromatic N) is 1. The first-order chi connectivity index (χ1) is 11.8. The second-order valence-corrected chi connectivity index (χ2v) is 5.73. The van der Waals surface area contributed by atoms with Crippen molar-refractivity contribution in [3.63, 3.8) is 0 Å². The minimum atomic E-state index is -0.548. The van der Waals surface area contributed by atoms with Crippen LogP contribution in [0.4, 0.5) is 11.4 Å². The van der Waals surface area contributed by atoms with Gasteiger partial charge in [0.2, 0.25) is 0 Å². The van der Waals surface area contributed by atoms with Gasteiger partial charge in [-0.2, -0.15) is 0 Å². The van der Waals surface area contributed by atoms with Crippen LogP contribution < -0.4 is 20.3 Å². The summed E-state index contributed by atoms with van der Waals surface area (Å²) in [7, 11) is 3.15. The van der Waals surface area contributed by atoms with Crippen molar-refractivity contribution in [1.29, 1.82) is 0 Å². The second-order valence-electron chi connectivity index (χ2n) is 5.73. The van der Waals surface area contributed by atoms with Crippen molar-refractivity contribution in [1.82, 2.24) is 5.32 Å². The molecular weight excluding hydrogens is 328 g/mol. The fourth-order valence-electron chi connectivity index (χ4n) is 2.11. The van der Waals surface area contributed by atoms with Crippen LogP contribution in [0.1, 0.15) is 20.3 Å². The molecule has 1 rings (SSSR count). The highest BCUT2D eigenvalue weighted by Gasteiger charge is 2.25. The van der Waals surface area contributed by atoms with Crippen molar-refractivity contribution in [2.24, 2.45) is 0 Å². The number of ether oxygens (including phenoxy) is 1. The van der Waals surface area contributed by atoms with E-state index in [1.807, 2.05) is 6.92 Å². The molecule has 0 saturated carbocycles. The molecule has 0 bridgehead atoms. The van der Waals surface area contributed by atoms with Gasteiger partial charge in [-0.25, -0.2) is 0 Å². The molecule has 2 atom stereocenters. The number of benzene rings is 1. The Morgan fingerprint density at radius 1 is 1.40 bits per heavy atom. The van der Waals surface area contributed by atoms with E-state index in [2.05, 4.69) is 10.6 Å². The lowest BCUT2D eigenvalue weighted by Gasteiger charge is -2.21. The largest absolute Gasteiger partial charge is 0.495 e. The van der Waals surface area contributed by atoms with Gasteiger partial charge >= 0.3 is 0 Å². The first-order valence-electron chi connectivity index (χ1n) is 8.02. The molecule has 0 aliphatic heterocycles. The molecule has 2 amide bonds. The van der Waals surface area contributed by atoms with E-state index in [0.29, 0.717) is 17.2 Å². The van der Waals surface area contributed by atoms with Crippen LogP contribution in [0.25, 0.3) is 0 Å². The number of hydrogen-bond donors (Lipinski definition) is 3. The quantitative estimate of drug-likeness (QED) is 0.426. The Morgan fingerprint density at radius 3 is 2.64 bits per heavy atom. The number of anilines is 1. The molecule has 0 saturated heterocycles. The molecule has 1 unspecified atom stereocenters. The Bertz CT molecular complexity index is 635. The predicted octanol–water partition coefficient (Wildman–Crippen LogP) is -0.0287. The molecule has 0 fully saturated rings. The van der Waals surface area contributed by atoms with E-state index in [1.165, 1.54) is 25.3 Å². The molecule has 0 heterocycles. The molecule has 25 heavy (non-hydrogen) atoms. The zero-order chi connectivity index (χ0) is 19.0. The molecule has 0 aliphatic carbocycles. The number of nitro benzene ring substituents is 1. The zero-order valence-corrected chi connectivity index (χ0v) is 14.9. The van der Waals surface area contributed by atoms with Crippen molar-refractivity contribution < 1.29 is 24.1 Å². The molecule has 1 aromatic rings. The first-order valence-corrected chi connectivity index (χ1v) is 8.02. The lowest BCUT2D eigenvalue weighted by Crippen LogP contribution is -3.15. The maximum atomic E-state index is 12.4.